The van der Waals surface area contributed by atoms with Crippen molar-refractivity contribution in [3.8, 4) is 5.75 Å². The Morgan fingerprint density at radius 3 is 2.64 bits per heavy atom. The van der Waals surface area contributed by atoms with Crippen molar-refractivity contribution in [1.82, 2.24) is 5.32 Å². The van der Waals surface area contributed by atoms with Gasteiger partial charge >= 0.3 is 0 Å². The second-order valence-electron chi connectivity index (χ2n) is 6.40. The van der Waals surface area contributed by atoms with Crippen LogP contribution >= 0.6 is 11.3 Å². The summed E-state index contributed by atoms with van der Waals surface area (Å²) < 4.78 is 5.77. The topological polar surface area (TPSA) is 67.4 Å². The zero-order valence-corrected chi connectivity index (χ0v) is 16.6. The molecule has 5 nitrogen and oxygen atoms in total. The van der Waals surface area contributed by atoms with Gasteiger partial charge in [0, 0.05) is 23.1 Å². The van der Waals surface area contributed by atoms with Gasteiger partial charge in [-0.05, 0) is 54.3 Å². The number of thiophene rings is 1. The first-order valence-corrected chi connectivity index (χ1v) is 9.83. The van der Waals surface area contributed by atoms with E-state index in [9.17, 15) is 9.59 Å². The van der Waals surface area contributed by atoms with Crippen molar-refractivity contribution in [2.45, 2.75) is 26.5 Å². The molecule has 0 saturated carbocycles. The summed E-state index contributed by atoms with van der Waals surface area (Å²) in [6.45, 7) is 3.85. The number of amides is 2. The number of carbonyl (C=O) groups excluding carboxylic acids is 2. The third-order valence-corrected chi connectivity index (χ3v) is 4.96. The zero-order valence-electron chi connectivity index (χ0n) is 15.8. The highest BCUT2D eigenvalue weighted by Crippen LogP contribution is 2.20. The van der Waals surface area contributed by atoms with Crippen LogP contribution in [0.2, 0.25) is 0 Å². The van der Waals surface area contributed by atoms with Crippen LogP contribution in [0.4, 0.5) is 5.69 Å². The predicted octanol–water partition coefficient (Wildman–Crippen LogP) is 4.78. The van der Waals surface area contributed by atoms with Crippen LogP contribution in [-0.2, 0) is 11.4 Å². The summed E-state index contributed by atoms with van der Waals surface area (Å²) in [6.07, 6.45) is 0. The SMILES string of the molecule is CC(=O)Nc1cccc(C(C)NC(=O)c2cccc(OCc3cccs3)c2)c1. The summed E-state index contributed by atoms with van der Waals surface area (Å²) in [5.74, 6) is 0.341. The number of hydrogen-bond donors (Lipinski definition) is 2. The summed E-state index contributed by atoms with van der Waals surface area (Å²) >= 11 is 1.63. The molecule has 0 aliphatic carbocycles. The molecule has 0 aliphatic heterocycles. The molecule has 3 rings (SSSR count). The second kappa shape index (κ2) is 9.19. The van der Waals surface area contributed by atoms with E-state index >= 15 is 0 Å². The first-order chi connectivity index (χ1) is 13.5. The van der Waals surface area contributed by atoms with E-state index in [2.05, 4.69) is 10.6 Å². The van der Waals surface area contributed by atoms with E-state index in [0.29, 0.717) is 23.6 Å². The van der Waals surface area contributed by atoms with Crippen molar-refractivity contribution in [3.05, 3.63) is 82.0 Å². The lowest BCUT2D eigenvalue weighted by atomic mass is 10.1. The minimum Gasteiger partial charge on any atom is -0.488 e. The monoisotopic (exact) mass is 394 g/mol. The number of rotatable bonds is 7. The maximum atomic E-state index is 12.6. The number of anilines is 1. The van der Waals surface area contributed by atoms with Crippen LogP contribution in [0.15, 0.2) is 66.0 Å². The van der Waals surface area contributed by atoms with Crippen molar-refractivity contribution in [2.24, 2.45) is 0 Å². The summed E-state index contributed by atoms with van der Waals surface area (Å²) in [6, 6.07) is 18.4. The fraction of sp³-hybridized carbons (Fsp3) is 0.182. The van der Waals surface area contributed by atoms with E-state index in [4.69, 9.17) is 4.74 Å². The van der Waals surface area contributed by atoms with Gasteiger partial charge in [-0.3, -0.25) is 9.59 Å². The van der Waals surface area contributed by atoms with Crippen molar-refractivity contribution in [3.63, 3.8) is 0 Å². The van der Waals surface area contributed by atoms with Crippen molar-refractivity contribution in [1.29, 1.82) is 0 Å². The fourth-order valence-corrected chi connectivity index (χ4v) is 3.34. The smallest absolute Gasteiger partial charge is 0.251 e. The average Bonchev–Trinajstić information content (AvgIpc) is 3.20. The molecule has 1 atom stereocenters. The van der Waals surface area contributed by atoms with Crippen molar-refractivity contribution >= 4 is 28.8 Å². The molecule has 2 aromatic carbocycles. The quantitative estimate of drug-likeness (QED) is 0.606. The molecule has 1 heterocycles. The van der Waals surface area contributed by atoms with Gasteiger partial charge in [-0.2, -0.15) is 0 Å². The normalized spacial score (nSPS) is 11.5. The Hall–Kier alpha value is -3.12. The molecule has 3 aromatic rings. The minimum absolute atomic E-state index is 0.131. The van der Waals surface area contributed by atoms with Gasteiger partial charge in [0.2, 0.25) is 5.91 Å². The maximum absolute atomic E-state index is 12.6. The summed E-state index contributed by atoms with van der Waals surface area (Å²) in [5.41, 5.74) is 2.15. The average molecular weight is 394 g/mol. The van der Waals surface area contributed by atoms with Gasteiger partial charge in [0.15, 0.2) is 0 Å². The molecule has 2 amide bonds. The molecular formula is C22H22N2O3S. The van der Waals surface area contributed by atoms with E-state index in [1.165, 1.54) is 6.92 Å². The number of ether oxygens (including phenoxy) is 1. The van der Waals surface area contributed by atoms with Crippen LogP contribution in [0, 0.1) is 0 Å². The number of nitrogens with one attached hydrogen (secondary N) is 2. The van der Waals surface area contributed by atoms with E-state index in [1.807, 2.05) is 54.8 Å². The molecule has 1 unspecified atom stereocenters. The molecule has 0 aliphatic rings. The van der Waals surface area contributed by atoms with E-state index in [1.54, 1.807) is 29.5 Å². The molecule has 144 valence electrons. The van der Waals surface area contributed by atoms with Crippen LogP contribution in [-0.4, -0.2) is 11.8 Å². The summed E-state index contributed by atoms with van der Waals surface area (Å²) in [7, 11) is 0. The highest BCUT2D eigenvalue weighted by atomic mass is 32.1. The Kier molecular flexibility index (Phi) is 6.45. The highest BCUT2D eigenvalue weighted by molar-refractivity contribution is 7.09. The largest absolute Gasteiger partial charge is 0.488 e. The Bertz CT molecular complexity index is 954. The predicted molar refractivity (Wildman–Crippen MR) is 112 cm³/mol. The van der Waals surface area contributed by atoms with Crippen LogP contribution in [0.1, 0.15) is 40.7 Å². The maximum Gasteiger partial charge on any atom is 0.251 e. The van der Waals surface area contributed by atoms with Gasteiger partial charge in [-0.1, -0.05) is 24.3 Å². The van der Waals surface area contributed by atoms with Gasteiger partial charge < -0.3 is 15.4 Å². The molecule has 0 fully saturated rings. The number of benzene rings is 2. The van der Waals surface area contributed by atoms with E-state index in [-0.39, 0.29) is 17.9 Å². The van der Waals surface area contributed by atoms with Gasteiger partial charge in [-0.15, -0.1) is 11.3 Å². The van der Waals surface area contributed by atoms with Gasteiger partial charge in [0.1, 0.15) is 12.4 Å². The Morgan fingerprint density at radius 1 is 1.07 bits per heavy atom. The number of hydrogen-bond acceptors (Lipinski definition) is 4. The molecule has 6 heteroatoms. The molecule has 2 N–H and O–H groups in total. The Morgan fingerprint density at radius 2 is 1.89 bits per heavy atom. The summed E-state index contributed by atoms with van der Waals surface area (Å²) in [5, 5.41) is 7.74. The van der Waals surface area contributed by atoms with Crippen LogP contribution in [0.5, 0.6) is 5.75 Å². The van der Waals surface area contributed by atoms with Crippen LogP contribution < -0.4 is 15.4 Å². The third-order valence-electron chi connectivity index (χ3n) is 4.11. The van der Waals surface area contributed by atoms with E-state index < -0.39 is 0 Å². The lowest BCUT2D eigenvalue weighted by Crippen LogP contribution is -2.26. The second-order valence-corrected chi connectivity index (χ2v) is 7.43. The Balaban J connectivity index is 1.64. The molecule has 0 bridgehead atoms. The van der Waals surface area contributed by atoms with Gasteiger partial charge in [-0.25, -0.2) is 0 Å². The zero-order chi connectivity index (χ0) is 19.9. The van der Waals surface area contributed by atoms with E-state index in [0.717, 1.165) is 10.4 Å². The minimum atomic E-state index is -0.211. The molecule has 0 spiro atoms. The third kappa shape index (κ3) is 5.44. The molecular weight excluding hydrogens is 372 g/mol. The fourth-order valence-electron chi connectivity index (χ4n) is 2.73. The van der Waals surface area contributed by atoms with Crippen LogP contribution in [0.25, 0.3) is 0 Å². The van der Waals surface area contributed by atoms with Crippen LogP contribution in [0.3, 0.4) is 0 Å². The lowest BCUT2D eigenvalue weighted by molar-refractivity contribution is -0.114. The summed E-state index contributed by atoms with van der Waals surface area (Å²) in [4.78, 5) is 25.0. The van der Waals surface area contributed by atoms with Crippen molar-refractivity contribution in [2.75, 3.05) is 5.32 Å². The van der Waals surface area contributed by atoms with Gasteiger partial charge in [0.05, 0.1) is 6.04 Å². The lowest BCUT2D eigenvalue weighted by Gasteiger charge is -2.16. The highest BCUT2D eigenvalue weighted by Gasteiger charge is 2.13. The van der Waals surface area contributed by atoms with Crippen molar-refractivity contribution < 1.29 is 14.3 Å². The molecule has 0 radical (unpaired) electrons. The first kappa shape index (κ1) is 19.6. The first-order valence-electron chi connectivity index (χ1n) is 8.95. The van der Waals surface area contributed by atoms with Gasteiger partial charge in [0.25, 0.3) is 5.91 Å². The number of carbonyl (C=O) groups is 2. The molecule has 28 heavy (non-hydrogen) atoms. The molecule has 1 aromatic heterocycles. The molecule has 0 saturated heterocycles. The Labute approximate surface area is 168 Å². The standard InChI is InChI=1S/C22H22N2O3S/c1-15(17-6-3-8-19(12-17)24-16(2)25)23-22(26)18-7-4-9-20(13-18)27-14-21-10-5-11-28-21/h3-13,15H,14H2,1-2H3,(H,23,26)(H,24,25).